The zero-order chi connectivity index (χ0) is 13.8. The Morgan fingerprint density at radius 2 is 2.26 bits per heavy atom. The highest BCUT2D eigenvalue weighted by Gasteiger charge is 2.25. The molecule has 0 spiro atoms. The molecule has 0 bridgehead atoms. The molecule has 2 rings (SSSR count). The highest BCUT2D eigenvalue weighted by atomic mass is 16.6. The molecule has 1 amide bonds. The first-order valence-electron chi connectivity index (χ1n) is 6.00. The number of carbonyl (C=O) groups excluding carboxylic acids is 1. The van der Waals surface area contributed by atoms with Crippen molar-refractivity contribution in [3.8, 4) is 0 Å². The van der Waals surface area contributed by atoms with E-state index in [4.69, 9.17) is 9.84 Å². The van der Waals surface area contributed by atoms with Gasteiger partial charge in [-0.15, -0.1) is 0 Å². The molecule has 5 heteroatoms. The summed E-state index contributed by atoms with van der Waals surface area (Å²) in [5.74, 6) is -0.974. The highest BCUT2D eigenvalue weighted by Crippen LogP contribution is 2.23. The number of carbonyl (C=O) groups is 2. The van der Waals surface area contributed by atoms with Crippen LogP contribution in [-0.4, -0.2) is 35.2 Å². The molecule has 1 aromatic rings. The molecular weight excluding hydrogens is 246 g/mol. The van der Waals surface area contributed by atoms with Crippen LogP contribution in [0.4, 0.5) is 4.79 Å². The quantitative estimate of drug-likeness (QED) is 0.846. The predicted molar refractivity (Wildman–Crippen MR) is 69.1 cm³/mol. The minimum atomic E-state index is -0.974. The molecule has 1 N–H and O–H groups in total. The molecule has 1 aliphatic heterocycles. The number of amides is 1. The van der Waals surface area contributed by atoms with Crippen molar-refractivity contribution in [1.82, 2.24) is 4.90 Å². The molecule has 0 saturated carbocycles. The Balaban J connectivity index is 2.20. The van der Waals surface area contributed by atoms with Crippen LogP contribution in [0.3, 0.4) is 0 Å². The van der Waals surface area contributed by atoms with Gasteiger partial charge in [-0.3, -0.25) is 0 Å². The fourth-order valence-electron chi connectivity index (χ4n) is 2.16. The van der Waals surface area contributed by atoms with Crippen LogP contribution in [-0.2, 0) is 17.7 Å². The molecule has 0 atom stereocenters. The first kappa shape index (κ1) is 13.1. The second-order valence-corrected chi connectivity index (χ2v) is 4.29. The van der Waals surface area contributed by atoms with Gasteiger partial charge in [0, 0.05) is 6.54 Å². The van der Waals surface area contributed by atoms with E-state index in [1.165, 1.54) is 11.0 Å². The Kier molecular flexibility index (Phi) is 3.85. The Labute approximate surface area is 111 Å². The normalized spacial score (nSPS) is 13.6. The summed E-state index contributed by atoms with van der Waals surface area (Å²) in [6.45, 7) is 4.44. The van der Waals surface area contributed by atoms with Crippen molar-refractivity contribution >= 4 is 12.1 Å². The average Bonchev–Trinajstić information content (AvgIpc) is 2.43. The van der Waals surface area contributed by atoms with E-state index in [0.717, 1.165) is 5.56 Å². The smallest absolute Gasteiger partial charge is 0.410 e. The zero-order valence-electron chi connectivity index (χ0n) is 10.5. The van der Waals surface area contributed by atoms with E-state index >= 15 is 0 Å². The third kappa shape index (κ3) is 2.76. The van der Waals surface area contributed by atoms with Gasteiger partial charge in [0.05, 0.1) is 12.1 Å². The second kappa shape index (κ2) is 5.56. The Hall–Kier alpha value is -2.30. The Morgan fingerprint density at radius 1 is 1.47 bits per heavy atom. The van der Waals surface area contributed by atoms with Crippen LogP contribution in [0.1, 0.15) is 21.5 Å². The lowest BCUT2D eigenvalue weighted by atomic mass is 9.95. The monoisotopic (exact) mass is 261 g/mol. The largest absolute Gasteiger partial charge is 0.478 e. The van der Waals surface area contributed by atoms with Gasteiger partial charge in [0.15, 0.2) is 0 Å². The maximum absolute atomic E-state index is 11.8. The van der Waals surface area contributed by atoms with Crippen molar-refractivity contribution in [2.24, 2.45) is 0 Å². The molecule has 1 aliphatic rings. The molecule has 0 radical (unpaired) electrons. The molecule has 0 aromatic heterocycles. The number of carboxylic acid groups (broad SMARTS) is 1. The first-order chi connectivity index (χ1) is 9.13. The van der Waals surface area contributed by atoms with Crippen LogP contribution in [0.15, 0.2) is 30.9 Å². The van der Waals surface area contributed by atoms with Crippen molar-refractivity contribution in [2.75, 3.05) is 13.2 Å². The molecule has 0 fully saturated rings. The SMILES string of the molecule is C=CCOC(=O)N1CCc2cccc(C(=O)O)c2C1. The molecule has 0 saturated heterocycles. The Morgan fingerprint density at radius 3 is 2.95 bits per heavy atom. The van der Waals surface area contributed by atoms with Gasteiger partial charge in [0.2, 0.25) is 0 Å². The summed E-state index contributed by atoms with van der Waals surface area (Å²) in [6.07, 6.45) is 1.70. The molecule has 19 heavy (non-hydrogen) atoms. The van der Waals surface area contributed by atoms with Gasteiger partial charge >= 0.3 is 12.1 Å². The summed E-state index contributed by atoms with van der Waals surface area (Å²) in [5.41, 5.74) is 1.92. The number of fused-ring (bicyclic) bond motifs is 1. The number of carboxylic acids is 1. The number of aromatic carboxylic acids is 1. The van der Waals surface area contributed by atoms with Crippen LogP contribution >= 0.6 is 0 Å². The van der Waals surface area contributed by atoms with Gasteiger partial charge in [-0.1, -0.05) is 24.8 Å². The van der Waals surface area contributed by atoms with Gasteiger partial charge in [0.1, 0.15) is 6.61 Å². The van der Waals surface area contributed by atoms with Crippen molar-refractivity contribution < 1.29 is 19.4 Å². The van der Waals surface area contributed by atoms with Crippen molar-refractivity contribution in [1.29, 1.82) is 0 Å². The maximum atomic E-state index is 11.8. The van der Waals surface area contributed by atoms with Crippen molar-refractivity contribution in [2.45, 2.75) is 13.0 Å². The third-order valence-electron chi connectivity index (χ3n) is 3.09. The molecule has 1 heterocycles. The lowest BCUT2D eigenvalue weighted by Crippen LogP contribution is -2.37. The Bertz CT molecular complexity index is 524. The summed E-state index contributed by atoms with van der Waals surface area (Å²) in [4.78, 5) is 24.4. The maximum Gasteiger partial charge on any atom is 0.410 e. The van der Waals surface area contributed by atoms with Crippen LogP contribution in [0.5, 0.6) is 0 Å². The summed E-state index contributed by atoms with van der Waals surface area (Å²) in [6, 6.07) is 5.18. The topological polar surface area (TPSA) is 66.8 Å². The first-order valence-corrected chi connectivity index (χ1v) is 6.00. The lowest BCUT2D eigenvalue weighted by Gasteiger charge is -2.28. The van der Waals surface area contributed by atoms with Crippen molar-refractivity contribution in [3.63, 3.8) is 0 Å². The number of ether oxygens (including phenoxy) is 1. The fourth-order valence-corrected chi connectivity index (χ4v) is 2.16. The number of hydrogen-bond acceptors (Lipinski definition) is 3. The third-order valence-corrected chi connectivity index (χ3v) is 3.09. The number of hydrogen-bond donors (Lipinski definition) is 1. The van der Waals surface area contributed by atoms with E-state index < -0.39 is 12.1 Å². The average molecular weight is 261 g/mol. The van der Waals surface area contributed by atoms with E-state index in [1.807, 2.05) is 6.07 Å². The second-order valence-electron chi connectivity index (χ2n) is 4.29. The van der Waals surface area contributed by atoms with Crippen LogP contribution in [0.2, 0.25) is 0 Å². The lowest BCUT2D eigenvalue weighted by molar-refractivity contribution is 0.0690. The van der Waals surface area contributed by atoms with Gasteiger partial charge in [-0.2, -0.15) is 0 Å². The van der Waals surface area contributed by atoms with Gasteiger partial charge in [0.25, 0.3) is 0 Å². The van der Waals surface area contributed by atoms with E-state index in [9.17, 15) is 9.59 Å². The summed E-state index contributed by atoms with van der Waals surface area (Å²) < 4.78 is 4.97. The van der Waals surface area contributed by atoms with E-state index in [2.05, 4.69) is 6.58 Å². The van der Waals surface area contributed by atoms with E-state index in [0.29, 0.717) is 18.5 Å². The van der Waals surface area contributed by atoms with Crippen LogP contribution in [0.25, 0.3) is 0 Å². The molecular formula is C14H15NO4. The van der Waals surface area contributed by atoms with Gasteiger partial charge in [-0.05, 0) is 23.6 Å². The predicted octanol–water partition coefficient (Wildman–Crippen LogP) is 2.07. The minimum Gasteiger partial charge on any atom is -0.478 e. The number of rotatable bonds is 3. The molecule has 1 aromatic carbocycles. The highest BCUT2D eigenvalue weighted by molar-refractivity contribution is 5.90. The van der Waals surface area contributed by atoms with Crippen LogP contribution in [0, 0.1) is 0 Å². The molecule has 100 valence electrons. The minimum absolute atomic E-state index is 0.156. The molecule has 0 aliphatic carbocycles. The number of benzene rings is 1. The van der Waals surface area contributed by atoms with Crippen molar-refractivity contribution in [3.05, 3.63) is 47.5 Å². The molecule has 5 nitrogen and oxygen atoms in total. The molecule has 0 unspecified atom stereocenters. The van der Waals surface area contributed by atoms with Gasteiger partial charge in [-0.25, -0.2) is 9.59 Å². The van der Waals surface area contributed by atoms with Crippen LogP contribution < -0.4 is 0 Å². The van der Waals surface area contributed by atoms with E-state index in [-0.39, 0.29) is 18.7 Å². The standard InChI is InChI=1S/C14H15NO4/c1-2-8-19-14(18)15-7-6-10-4-3-5-11(13(16)17)12(10)9-15/h2-5H,1,6-9H2,(H,16,17). The number of nitrogens with zero attached hydrogens (tertiary/aromatic N) is 1. The summed E-state index contributed by atoms with van der Waals surface area (Å²) >= 11 is 0. The fraction of sp³-hybridized carbons (Fsp3) is 0.286. The summed E-state index contributed by atoms with van der Waals surface area (Å²) in [7, 11) is 0. The zero-order valence-corrected chi connectivity index (χ0v) is 10.5. The summed E-state index contributed by atoms with van der Waals surface area (Å²) in [5, 5.41) is 9.16. The van der Waals surface area contributed by atoms with Gasteiger partial charge < -0.3 is 14.7 Å². The van der Waals surface area contributed by atoms with E-state index in [1.54, 1.807) is 12.1 Å².